The summed E-state index contributed by atoms with van der Waals surface area (Å²) in [5.74, 6) is -0.894. The van der Waals surface area contributed by atoms with Gasteiger partial charge in [-0.15, -0.1) is 0 Å². The molecule has 0 atom stereocenters. The molecule has 0 radical (unpaired) electrons. The van der Waals surface area contributed by atoms with Gasteiger partial charge in [0.15, 0.2) is 0 Å². The van der Waals surface area contributed by atoms with Crippen LogP contribution in [-0.4, -0.2) is 25.2 Å². The van der Waals surface area contributed by atoms with E-state index in [-0.39, 0.29) is 24.3 Å². The first-order chi connectivity index (χ1) is 10.6. The van der Waals surface area contributed by atoms with E-state index in [0.717, 1.165) is 5.56 Å². The Morgan fingerprint density at radius 2 is 1.77 bits per heavy atom. The highest BCUT2D eigenvalue weighted by Crippen LogP contribution is 2.30. The monoisotopic (exact) mass is 302 g/mol. The summed E-state index contributed by atoms with van der Waals surface area (Å²) in [6.45, 7) is 5.76. The van der Waals surface area contributed by atoms with Crippen molar-refractivity contribution < 1.29 is 23.5 Å². The Hall–Kier alpha value is -2.56. The third-order valence-electron chi connectivity index (χ3n) is 3.05. The molecule has 0 unspecified atom stereocenters. The van der Waals surface area contributed by atoms with E-state index in [4.69, 9.17) is 13.9 Å². The Kier molecular flexibility index (Phi) is 4.99. The van der Waals surface area contributed by atoms with Crippen molar-refractivity contribution in [2.75, 3.05) is 13.2 Å². The number of hydrogen-bond donors (Lipinski definition) is 0. The van der Waals surface area contributed by atoms with Crippen LogP contribution in [0.5, 0.6) is 0 Å². The van der Waals surface area contributed by atoms with E-state index in [9.17, 15) is 9.59 Å². The van der Waals surface area contributed by atoms with E-state index >= 15 is 0 Å². The maximum atomic E-state index is 12.2. The number of hydrogen-bond acceptors (Lipinski definition) is 5. The first-order valence-electron chi connectivity index (χ1n) is 7.11. The van der Waals surface area contributed by atoms with E-state index in [1.165, 1.54) is 6.26 Å². The van der Waals surface area contributed by atoms with Crippen LogP contribution in [0.2, 0.25) is 0 Å². The third kappa shape index (κ3) is 3.19. The topological polar surface area (TPSA) is 65.7 Å². The van der Waals surface area contributed by atoms with Crippen molar-refractivity contribution >= 4 is 11.9 Å². The second-order valence-electron chi connectivity index (χ2n) is 4.66. The van der Waals surface area contributed by atoms with Gasteiger partial charge in [-0.25, -0.2) is 9.59 Å². The molecule has 0 saturated heterocycles. The lowest BCUT2D eigenvalue weighted by atomic mass is 10.0. The lowest BCUT2D eigenvalue weighted by molar-refractivity contribution is 0.0481. The fourth-order valence-electron chi connectivity index (χ4n) is 2.12. The van der Waals surface area contributed by atoms with Gasteiger partial charge >= 0.3 is 11.9 Å². The first kappa shape index (κ1) is 15.8. The highest BCUT2D eigenvalue weighted by Gasteiger charge is 2.28. The standard InChI is InChI=1S/C17H18O5/c1-4-20-16(18)13-10-22-15(14(13)17(19)21-5-2)12-8-6-7-11(3)9-12/h6-10H,4-5H2,1-3H3. The molecule has 0 aliphatic rings. The van der Waals surface area contributed by atoms with Crippen LogP contribution in [0.4, 0.5) is 0 Å². The van der Waals surface area contributed by atoms with Crippen molar-refractivity contribution in [1.29, 1.82) is 0 Å². The molecule has 1 aromatic carbocycles. The molecule has 0 aliphatic heterocycles. The van der Waals surface area contributed by atoms with Crippen LogP contribution in [-0.2, 0) is 9.47 Å². The number of aryl methyl sites for hydroxylation is 1. The van der Waals surface area contributed by atoms with Gasteiger partial charge < -0.3 is 13.9 Å². The lowest BCUT2D eigenvalue weighted by Gasteiger charge is -2.06. The van der Waals surface area contributed by atoms with E-state index in [1.807, 2.05) is 31.2 Å². The second kappa shape index (κ2) is 6.93. The Morgan fingerprint density at radius 1 is 1.09 bits per heavy atom. The quantitative estimate of drug-likeness (QED) is 0.789. The minimum absolute atomic E-state index is 0.0804. The van der Waals surface area contributed by atoms with Crippen LogP contribution in [0.1, 0.15) is 40.1 Å². The van der Waals surface area contributed by atoms with E-state index in [1.54, 1.807) is 13.8 Å². The van der Waals surface area contributed by atoms with E-state index in [2.05, 4.69) is 0 Å². The molecule has 1 aromatic heterocycles. The van der Waals surface area contributed by atoms with Gasteiger partial charge in [-0.05, 0) is 26.8 Å². The predicted octanol–water partition coefficient (Wildman–Crippen LogP) is 3.61. The molecule has 0 saturated carbocycles. The van der Waals surface area contributed by atoms with Gasteiger partial charge in [0, 0.05) is 5.56 Å². The molecule has 2 rings (SSSR count). The number of furan rings is 1. The van der Waals surface area contributed by atoms with Gasteiger partial charge in [0.1, 0.15) is 23.2 Å². The Balaban J connectivity index is 2.54. The zero-order valence-corrected chi connectivity index (χ0v) is 12.8. The minimum Gasteiger partial charge on any atom is -0.462 e. The molecule has 0 fully saturated rings. The van der Waals surface area contributed by atoms with Crippen LogP contribution < -0.4 is 0 Å². The maximum Gasteiger partial charge on any atom is 0.342 e. The molecular weight excluding hydrogens is 284 g/mol. The Morgan fingerprint density at radius 3 is 2.41 bits per heavy atom. The molecule has 0 spiro atoms. The lowest BCUT2D eigenvalue weighted by Crippen LogP contribution is -2.12. The van der Waals surface area contributed by atoms with Crippen molar-refractivity contribution in [2.24, 2.45) is 0 Å². The smallest absolute Gasteiger partial charge is 0.342 e. The van der Waals surface area contributed by atoms with Crippen molar-refractivity contribution in [3.63, 3.8) is 0 Å². The fraction of sp³-hybridized carbons (Fsp3) is 0.294. The van der Waals surface area contributed by atoms with Gasteiger partial charge in [0.05, 0.1) is 13.2 Å². The van der Waals surface area contributed by atoms with Crippen LogP contribution in [0.15, 0.2) is 34.9 Å². The second-order valence-corrected chi connectivity index (χ2v) is 4.66. The summed E-state index contributed by atoms with van der Waals surface area (Å²) in [6.07, 6.45) is 1.24. The number of benzene rings is 1. The number of carbonyl (C=O) groups is 2. The van der Waals surface area contributed by atoms with Gasteiger partial charge in [-0.3, -0.25) is 0 Å². The minimum atomic E-state index is -0.604. The molecule has 0 aliphatic carbocycles. The zero-order valence-electron chi connectivity index (χ0n) is 12.8. The number of ether oxygens (including phenoxy) is 2. The predicted molar refractivity (Wildman–Crippen MR) is 80.8 cm³/mol. The van der Waals surface area contributed by atoms with Crippen LogP contribution in [0.3, 0.4) is 0 Å². The van der Waals surface area contributed by atoms with Crippen LogP contribution in [0.25, 0.3) is 11.3 Å². The first-order valence-corrected chi connectivity index (χ1v) is 7.11. The van der Waals surface area contributed by atoms with Gasteiger partial charge in [-0.2, -0.15) is 0 Å². The van der Waals surface area contributed by atoms with Crippen molar-refractivity contribution in [2.45, 2.75) is 20.8 Å². The normalized spacial score (nSPS) is 10.3. The highest BCUT2D eigenvalue weighted by atomic mass is 16.5. The van der Waals surface area contributed by atoms with Crippen molar-refractivity contribution in [3.05, 3.63) is 47.2 Å². The average Bonchev–Trinajstić information content (AvgIpc) is 2.92. The molecule has 5 heteroatoms. The molecule has 2 aromatic rings. The molecule has 1 heterocycles. The Bertz CT molecular complexity index is 684. The maximum absolute atomic E-state index is 12.2. The van der Waals surface area contributed by atoms with E-state index < -0.39 is 11.9 Å². The van der Waals surface area contributed by atoms with Crippen molar-refractivity contribution in [1.82, 2.24) is 0 Å². The fourth-order valence-corrected chi connectivity index (χ4v) is 2.12. The molecule has 22 heavy (non-hydrogen) atoms. The van der Waals surface area contributed by atoms with Crippen molar-refractivity contribution in [3.8, 4) is 11.3 Å². The molecule has 0 bridgehead atoms. The summed E-state index contributed by atoms with van der Waals surface area (Å²) >= 11 is 0. The van der Waals surface area contributed by atoms with Gasteiger partial charge in [-0.1, -0.05) is 23.8 Å². The highest BCUT2D eigenvalue weighted by molar-refractivity contribution is 6.07. The summed E-state index contributed by atoms with van der Waals surface area (Å²) in [5.41, 5.74) is 1.91. The molecule has 0 amide bonds. The van der Waals surface area contributed by atoms with Gasteiger partial charge in [0.25, 0.3) is 0 Å². The number of carbonyl (C=O) groups excluding carboxylic acids is 2. The average molecular weight is 302 g/mol. The van der Waals surface area contributed by atoms with Crippen LogP contribution >= 0.6 is 0 Å². The molecule has 5 nitrogen and oxygen atoms in total. The van der Waals surface area contributed by atoms with Crippen LogP contribution in [0, 0.1) is 6.92 Å². The summed E-state index contributed by atoms with van der Waals surface area (Å²) in [5, 5.41) is 0. The summed E-state index contributed by atoms with van der Waals surface area (Å²) in [7, 11) is 0. The third-order valence-corrected chi connectivity index (χ3v) is 3.05. The largest absolute Gasteiger partial charge is 0.462 e. The Labute approximate surface area is 128 Å². The number of esters is 2. The van der Waals surface area contributed by atoms with E-state index in [0.29, 0.717) is 11.3 Å². The molecular formula is C17H18O5. The zero-order chi connectivity index (χ0) is 16.1. The summed E-state index contributed by atoms with van der Waals surface area (Å²) < 4.78 is 15.5. The summed E-state index contributed by atoms with van der Waals surface area (Å²) in [6, 6.07) is 7.47. The van der Waals surface area contributed by atoms with Gasteiger partial charge in [0.2, 0.25) is 0 Å². The molecule has 0 N–H and O–H groups in total. The molecule has 116 valence electrons. The summed E-state index contributed by atoms with van der Waals surface area (Å²) in [4.78, 5) is 24.2. The number of rotatable bonds is 5. The SMILES string of the molecule is CCOC(=O)c1coc(-c2cccc(C)c2)c1C(=O)OCC.